The smallest absolute Gasteiger partial charge is 0.233 e. The molecule has 0 N–H and O–H groups in total. The fraction of sp³-hybridized carbons (Fsp3) is 0.429. The molecule has 8 nitrogen and oxygen atoms in total. The predicted molar refractivity (Wildman–Crippen MR) is 94.7 cm³/mol. The zero-order valence-electron chi connectivity index (χ0n) is 13.4. The van der Waals surface area contributed by atoms with E-state index in [0.717, 1.165) is 0 Å². The highest BCUT2D eigenvalue weighted by Crippen LogP contribution is 2.22. The maximum Gasteiger partial charge on any atom is 0.233 e. The van der Waals surface area contributed by atoms with Crippen molar-refractivity contribution in [3.8, 4) is 5.69 Å². The van der Waals surface area contributed by atoms with Crippen LogP contribution in [0.25, 0.3) is 5.69 Å². The van der Waals surface area contributed by atoms with E-state index in [0.29, 0.717) is 22.3 Å². The van der Waals surface area contributed by atoms with Gasteiger partial charge < -0.3 is 4.90 Å². The van der Waals surface area contributed by atoms with E-state index in [-0.39, 0.29) is 29.2 Å². The first kappa shape index (κ1) is 18.2. The maximum atomic E-state index is 12.3. The van der Waals surface area contributed by atoms with Crippen LogP contribution >= 0.6 is 23.4 Å². The van der Waals surface area contributed by atoms with Gasteiger partial charge in [0, 0.05) is 18.1 Å². The Labute approximate surface area is 154 Å². The van der Waals surface area contributed by atoms with E-state index in [2.05, 4.69) is 15.5 Å². The van der Waals surface area contributed by atoms with Crippen LogP contribution in [0.2, 0.25) is 5.02 Å². The summed E-state index contributed by atoms with van der Waals surface area (Å²) in [6, 6.07) is 6.80. The van der Waals surface area contributed by atoms with Crippen molar-refractivity contribution in [3.05, 3.63) is 29.3 Å². The van der Waals surface area contributed by atoms with Gasteiger partial charge in [-0.3, -0.25) is 4.79 Å². The van der Waals surface area contributed by atoms with Crippen LogP contribution in [0, 0.1) is 0 Å². The Hall–Kier alpha value is -1.65. The fourth-order valence-corrected chi connectivity index (χ4v) is 5.32. The maximum absolute atomic E-state index is 12.3. The Morgan fingerprint density at radius 2 is 2.28 bits per heavy atom. The van der Waals surface area contributed by atoms with Crippen molar-refractivity contribution in [3.63, 3.8) is 0 Å². The number of amides is 1. The fourth-order valence-electron chi connectivity index (χ4n) is 2.55. The van der Waals surface area contributed by atoms with Crippen molar-refractivity contribution >= 4 is 39.1 Å². The van der Waals surface area contributed by atoms with Crippen LogP contribution in [0.1, 0.15) is 6.42 Å². The van der Waals surface area contributed by atoms with E-state index in [9.17, 15) is 13.2 Å². The number of sulfone groups is 1. The molecule has 1 aliphatic heterocycles. The molecular formula is C14H16ClN5O3S2. The van der Waals surface area contributed by atoms with Crippen LogP contribution in [-0.2, 0) is 14.6 Å². The Morgan fingerprint density at radius 3 is 2.96 bits per heavy atom. The molecule has 3 rings (SSSR count). The van der Waals surface area contributed by atoms with Gasteiger partial charge in [-0.15, -0.1) is 5.10 Å². The van der Waals surface area contributed by atoms with Crippen LogP contribution in [0.15, 0.2) is 29.4 Å². The number of halogens is 1. The van der Waals surface area contributed by atoms with Gasteiger partial charge in [0.1, 0.15) is 0 Å². The lowest BCUT2D eigenvalue weighted by Gasteiger charge is -2.23. The molecule has 2 aromatic rings. The topological polar surface area (TPSA) is 98.1 Å². The van der Waals surface area contributed by atoms with Gasteiger partial charge in [-0.2, -0.15) is 4.68 Å². The summed E-state index contributed by atoms with van der Waals surface area (Å²) in [7, 11) is -1.40. The average Bonchev–Trinajstić information content (AvgIpc) is 3.18. The molecule has 1 fully saturated rings. The molecular weight excluding hydrogens is 386 g/mol. The van der Waals surface area contributed by atoms with Gasteiger partial charge >= 0.3 is 0 Å². The number of hydrogen-bond donors (Lipinski definition) is 0. The molecule has 1 saturated heterocycles. The molecule has 11 heteroatoms. The van der Waals surface area contributed by atoms with Crippen molar-refractivity contribution in [2.45, 2.75) is 17.6 Å². The second-order valence-electron chi connectivity index (χ2n) is 5.70. The first-order chi connectivity index (χ1) is 11.9. The van der Waals surface area contributed by atoms with Crippen LogP contribution in [0.5, 0.6) is 0 Å². The highest BCUT2D eigenvalue weighted by Gasteiger charge is 2.32. The lowest BCUT2D eigenvalue weighted by molar-refractivity contribution is -0.128. The Kier molecular flexibility index (Phi) is 5.30. The molecule has 1 aliphatic rings. The molecule has 1 amide bonds. The quantitative estimate of drug-likeness (QED) is 0.690. The molecule has 0 unspecified atom stereocenters. The van der Waals surface area contributed by atoms with E-state index in [4.69, 9.17) is 11.6 Å². The summed E-state index contributed by atoms with van der Waals surface area (Å²) in [4.78, 5) is 13.9. The molecule has 1 aromatic carbocycles. The second-order valence-corrected chi connectivity index (χ2v) is 9.31. The Morgan fingerprint density at radius 1 is 1.48 bits per heavy atom. The number of carbonyl (C=O) groups is 1. The molecule has 2 heterocycles. The first-order valence-electron chi connectivity index (χ1n) is 7.49. The number of benzene rings is 1. The third-order valence-electron chi connectivity index (χ3n) is 3.97. The van der Waals surface area contributed by atoms with Gasteiger partial charge in [-0.1, -0.05) is 29.4 Å². The molecule has 0 bridgehead atoms. The molecule has 1 atom stereocenters. The molecule has 0 aliphatic carbocycles. The van der Waals surface area contributed by atoms with Crippen LogP contribution in [0.4, 0.5) is 0 Å². The summed E-state index contributed by atoms with van der Waals surface area (Å²) in [5, 5.41) is 12.5. The minimum atomic E-state index is -3.03. The number of thioether (sulfide) groups is 1. The molecule has 0 spiro atoms. The summed E-state index contributed by atoms with van der Waals surface area (Å²) in [5.41, 5.74) is 0.697. The minimum absolute atomic E-state index is 0.0279. The van der Waals surface area contributed by atoms with Gasteiger partial charge in [-0.05, 0) is 35.0 Å². The third-order valence-corrected chi connectivity index (χ3v) is 6.86. The van der Waals surface area contributed by atoms with Gasteiger partial charge in [-0.25, -0.2) is 8.42 Å². The summed E-state index contributed by atoms with van der Waals surface area (Å²) in [5.74, 6) is 0.122. The summed E-state index contributed by atoms with van der Waals surface area (Å²) < 4.78 is 24.6. The second kappa shape index (κ2) is 7.30. The first-order valence-corrected chi connectivity index (χ1v) is 10.7. The van der Waals surface area contributed by atoms with Crippen molar-refractivity contribution in [2.75, 3.05) is 24.3 Å². The lowest BCUT2D eigenvalue weighted by atomic mass is 10.2. The van der Waals surface area contributed by atoms with E-state index in [1.54, 1.807) is 25.2 Å². The predicted octanol–water partition coefficient (Wildman–Crippen LogP) is 1.05. The number of aromatic nitrogens is 4. The average molecular weight is 402 g/mol. The van der Waals surface area contributed by atoms with Crippen LogP contribution < -0.4 is 0 Å². The number of nitrogens with zero attached hydrogens (tertiary/aromatic N) is 5. The van der Waals surface area contributed by atoms with Crippen LogP contribution in [0.3, 0.4) is 0 Å². The van der Waals surface area contributed by atoms with Crippen molar-refractivity contribution in [1.82, 2.24) is 25.1 Å². The van der Waals surface area contributed by atoms with Crippen molar-refractivity contribution in [1.29, 1.82) is 0 Å². The number of carbonyl (C=O) groups excluding carboxylic acids is 1. The molecule has 134 valence electrons. The van der Waals surface area contributed by atoms with Gasteiger partial charge in [0.05, 0.1) is 22.9 Å². The van der Waals surface area contributed by atoms with Crippen LogP contribution in [-0.4, -0.2) is 69.8 Å². The number of hydrogen-bond acceptors (Lipinski definition) is 7. The summed E-state index contributed by atoms with van der Waals surface area (Å²) >= 11 is 7.17. The van der Waals surface area contributed by atoms with E-state index in [1.807, 2.05) is 6.07 Å². The van der Waals surface area contributed by atoms with Crippen molar-refractivity contribution < 1.29 is 13.2 Å². The highest BCUT2D eigenvalue weighted by atomic mass is 35.5. The SMILES string of the molecule is CN(C(=O)CSc1nnnn1-c1cccc(Cl)c1)[C@H]1CCS(=O)(=O)C1. The third kappa shape index (κ3) is 4.31. The highest BCUT2D eigenvalue weighted by molar-refractivity contribution is 7.99. The van der Waals surface area contributed by atoms with Gasteiger partial charge in [0.25, 0.3) is 0 Å². The van der Waals surface area contributed by atoms with E-state index < -0.39 is 9.84 Å². The lowest BCUT2D eigenvalue weighted by Crippen LogP contribution is -2.38. The van der Waals surface area contributed by atoms with Gasteiger partial charge in [0.2, 0.25) is 11.1 Å². The monoisotopic (exact) mass is 401 g/mol. The zero-order valence-corrected chi connectivity index (χ0v) is 15.8. The van der Waals surface area contributed by atoms with Gasteiger partial charge in [0.15, 0.2) is 9.84 Å². The van der Waals surface area contributed by atoms with E-state index in [1.165, 1.54) is 21.3 Å². The summed E-state index contributed by atoms with van der Waals surface area (Å²) in [6.07, 6.45) is 0.482. The normalized spacial score (nSPS) is 19.0. The standard InChI is InChI=1S/C14H16ClN5O3S2/c1-19(12-5-6-25(22,23)9-12)13(21)8-24-14-16-17-18-20(14)11-4-2-3-10(15)7-11/h2-4,7,12H,5-6,8-9H2,1H3/t12-/m0/s1. The number of rotatable bonds is 5. The molecule has 1 aromatic heterocycles. The Balaban J connectivity index is 1.65. The Bertz CT molecular complexity index is 886. The molecule has 25 heavy (non-hydrogen) atoms. The summed E-state index contributed by atoms with van der Waals surface area (Å²) in [6.45, 7) is 0. The zero-order chi connectivity index (χ0) is 18.0. The largest absolute Gasteiger partial charge is 0.341 e. The van der Waals surface area contributed by atoms with E-state index >= 15 is 0 Å². The molecule has 0 radical (unpaired) electrons. The number of tetrazole rings is 1. The molecule has 0 saturated carbocycles. The van der Waals surface area contributed by atoms with Crippen molar-refractivity contribution in [2.24, 2.45) is 0 Å². The minimum Gasteiger partial charge on any atom is -0.341 e.